The molecule has 3 amide bonds. The summed E-state index contributed by atoms with van der Waals surface area (Å²) in [5, 5.41) is 19.6. The number of nitrogens with one attached hydrogen (secondary N) is 5. The molecule has 0 saturated carbocycles. The molecule has 0 fully saturated rings. The molecule has 0 heterocycles. The molecule has 0 aromatic heterocycles. The summed E-state index contributed by atoms with van der Waals surface area (Å²) < 4.78 is 91.9. The summed E-state index contributed by atoms with van der Waals surface area (Å²) in [4.78, 5) is 53.7. The number of benzene rings is 4. The Labute approximate surface area is 523 Å². The summed E-state index contributed by atoms with van der Waals surface area (Å²) in [5.41, 5.74) is 2.70. The van der Waals surface area contributed by atoms with Crippen LogP contribution in [0.5, 0.6) is 11.5 Å². The zero-order valence-electron chi connectivity index (χ0n) is 48.8. The number of carbonyl (C=O) groups excluding carboxylic acids is 3. The van der Waals surface area contributed by atoms with Crippen molar-refractivity contribution in [1.82, 2.24) is 35.2 Å². The first kappa shape index (κ1) is 70.2. The van der Waals surface area contributed by atoms with Gasteiger partial charge in [-0.3, -0.25) is 19.2 Å². The van der Waals surface area contributed by atoms with Gasteiger partial charge in [-0.05, 0) is 145 Å². The van der Waals surface area contributed by atoms with E-state index < -0.39 is 37.5 Å². The molecule has 86 heavy (non-hydrogen) atoms. The fraction of sp³-hybridized carbons (Fsp3) is 0.517. The van der Waals surface area contributed by atoms with Crippen LogP contribution in [0, 0.1) is 0 Å². The second-order valence-electron chi connectivity index (χ2n) is 21.3. The number of hydrogen-bond donors (Lipinski definition) is 6. The molecule has 0 aliphatic heterocycles. The SMILES string of the molecule is CN(C)C1Cc2c(Cl)cc(Cl)cc2[C@@H]1Oc1ccc(S(=O)(=O)NCCOCCOCCNC(=O)CCC(C)(CCC(=O)NCCOCCOCCNS(=O)(=O)c2ccc(O[C@H]3c4cc(Cl)cc(Cl)c4C[C@@H]3N(C)C)cc2)NC(=O)CCC(=O)O)cc1. The molecule has 0 saturated heterocycles. The molecule has 22 nitrogen and oxygen atoms in total. The Morgan fingerprint density at radius 3 is 1.27 bits per heavy atom. The summed E-state index contributed by atoms with van der Waals surface area (Å²) in [6.45, 7) is 3.24. The Bertz CT molecular complexity index is 2960. The highest BCUT2D eigenvalue weighted by molar-refractivity contribution is 7.89. The van der Waals surface area contributed by atoms with Gasteiger partial charge < -0.3 is 59.3 Å². The van der Waals surface area contributed by atoms with Gasteiger partial charge in [-0.15, -0.1) is 0 Å². The lowest BCUT2D eigenvalue weighted by atomic mass is 9.89. The van der Waals surface area contributed by atoms with E-state index in [0.29, 0.717) is 44.4 Å². The normalized spacial score (nSPS) is 17.2. The third-order valence-electron chi connectivity index (χ3n) is 14.4. The Kier molecular flexibility index (Phi) is 27.4. The van der Waals surface area contributed by atoms with E-state index >= 15 is 0 Å². The highest BCUT2D eigenvalue weighted by Crippen LogP contribution is 2.44. The molecule has 0 bridgehead atoms. The van der Waals surface area contributed by atoms with Crippen LogP contribution >= 0.6 is 46.4 Å². The standard InChI is InChI=1S/C58H77Cl4N7O15S2/c1-58(67-54(72)14-15-55(73)74,18-16-52(70)63-20-24-79-28-30-81-26-22-65-85(75,76)42-10-6-40(7-11-42)83-56-46-32-38(59)34-48(61)44(46)36-50(56)68(2)3)19-17-53(71)64-21-25-80-29-31-82-27-23-66-86(77,78)43-12-8-41(9-13-43)84-57-47-33-39(60)35-49(62)45(47)37-51(57)69(4)5/h6-13,32-35,50-51,56-57,65-66H,14-31,36-37H2,1-5H3,(H,63,70)(H,64,71)(H,67,72)(H,73,74)/t50-,51?,56-,57-,58?/m0/s1. The maximum atomic E-state index is 13.0. The lowest BCUT2D eigenvalue weighted by molar-refractivity contribution is -0.139. The van der Waals surface area contributed by atoms with Crippen molar-refractivity contribution >= 4 is 90.1 Å². The lowest BCUT2D eigenvalue weighted by Gasteiger charge is -2.31. The van der Waals surface area contributed by atoms with Crippen molar-refractivity contribution in [1.29, 1.82) is 0 Å². The van der Waals surface area contributed by atoms with Crippen molar-refractivity contribution in [2.45, 2.75) is 97.9 Å². The van der Waals surface area contributed by atoms with Crippen LogP contribution in [-0.2, 0) is 71.0 Å². The van der Waals surface area contributed by atoms with E-state index in [1.54, 1.807) is 43.3 Å². The molecule has 2 aliphatic carbocycles. The second-order valence-corrected chi connectivity index (χ2v) is 26.6. The van der Waals surface area contributed by atoms with Crippen LogP contribution in [0.4, 0.5) is 0 Å². The molecular weight excluding hydrogens is 1240 g/mol. The first-order valence-corrected chi connectivity index (χ1v) is 32.5. The third-order valence-corrected chi connectivity index (χ3v) is 18.5. The third kappa shape index (κ3) is 21.7. The Hall–Kier alpha value is -4.90. The quantitative estimate of drug-likeness (QED) is 0.0266. The minimum atomic E-state index is -3.84. The van der Waals surface area contributed by atoms with E-state index in [0.717, 1.165) is 22.3 Å². The molecule has 0 radical (unpaired) electrons. The van der Waals surface area contributed by atoms with Crippen molar-refractivity contribution in [3.63, 3.8) is 0 Å². The first-order valence-electron chi connectivity index (χ1n) is 28.0. The number of sulfonamides is 2. The van der Waals surface area contributed by atoms with Gasteiger partial charge in [0.05, 0.1) is 81.2 Å². The number of aliphatic carboxylic acids is 1. The van der Waals surface area contributed by atoms with E-state index in [1.807, 2.05) is 40.3 Å². The molecule has 474 valence electrons. The average molecular weight is 1320 g/mol. The van der Waals surface area contributed by atoms with Gasteiger partial charge in [-0.1, -0.05) is 46.4 Å². The number of halogens is 4. The van der Waals surface area contributed by atoms with Crippen molar-refractivity contribution < 1.29 is 69.5 Å². The fourth-order valence-electron chi connectivity index (χ4n) is 9.77. The molecule has 2 aliphatic rings. The Morgan fingerprint density at radius 1 is 0.535 bits per heavy atom. The summed E-state index contributed by atoms with van der Waals surface area (Å²) in [6.07, 6.45) is 0.236. The van der Waals surface area contributed by atoms with Gasteiger partial charge in [-0.2, -0.15) is 0 Å². The zero-order valence-corrected chi connectivity index (χ0v) is 53.4. The predicted octanol–water partition coefficient (Wildman–Crippen LogP) is 6.37. The van der Waals surface area contributed by atoms with Gasteiger partial charge in [0.15, 0.2) is 0 Å². The van der Waals surface area contributed by atoms with E-state index in [1.165, 1.54) is 24.3 Å². The number of carboxylic acid groups (broad SMARTS) is 1. The van der Waals surface area contributed by atoms with E-state index in [4.69, 9.17) is 79.9 Å². The molecule has 4 aromatic rings. The van der Waals surface area contributed by atoms with Crippen molar-refractivity contribution in [3.8, 4) is 11.5 Å². The maximum absolute atomic E-state index is 13.0. The smallest absolute Gasteiger partial charge is 0.303 e. The topological polar surface area (TPSA) is 279 Å². The lowest BCUT2D eigenvalue weighted by Crippen LogP contribution is -2.47. The fourth-order valence-corrected chi connectivity index (χ4v) is 13.0. The number of carbonyl (C=O) groups is 4. The van der Waals surface area contributed by atoms with E-state index in [2.05, 4.69) is 35.2 Å². The van der Waals surface area contributed by atoms with Crippen LogP contribution in [0.2, 0.25) is 20.1 Å². The molecule has 6 rings (SSSR count). The summed E-state index contributed by atoms with van der Waals surface area (Å²) >= 11 is 25.6. The minimum Gasteiger partial charge on any atom is -0.484 e. The van der Waals surface area contributed by atoms with Gasteiger partial charge >= 0.3 is 5.97 Å². The van der Waals surface area contributed by atoms with Crippen molar-refractivity contribution in [2.75, 3.05) is 107 Å². The molecule has 6 N–H and O–H groups in total. The second kappa shape index (κ2) is 33.6. The number of nitrogens with zero attached hydrogens (tertiary/aromatic N) is 2. The first-order chi connectivity index (χ1) is 40.8. The predicted molar refractivity (Wildman–Crippen MR) is 326 cm³/mol. The molecule has 2 unspecified atom stereocenters. The number of ether oxygens (including phenoxy) is 6. The summed E-state index contributed by atoms with van der Waals surface area (Å²) in [7, 11) is 0.139. The van der Waals surface area contributed by atoms with Gasteiger partial charge in [0.25, 0.3) is 0 Å². The van der Waals surface area contributed by atoms with Crippen molar-refractivity contribution in [2.24, 2.45) is 0 Å². The van der Waals surface area contributed by atoms with E-state index in [-0.39, 0.29) is 163 Å². The zero-order chi connectivity index (χ0) is 62.6. The number of likely N-dealkylation sites (N-methyl/N-ethyl adjacent to an activating group) is 2. The van der Waals surface area contributed by atoms with Gasteiger partial charge in [-0.25, -0.2) is 26.3 Å². The van der Waals surface area contributed by atoms with Gasteiger partial charge in [0.1, 0.15) is 23.7 Å². The largest absolute Gasteiger partial charge is 0.484 e. The van der Waals surface area contributed by atoms with Crippen LogP contribution in [0.3, 0.4) is 0 Å². The molecule has 28 heteroatoms. The van der Waals surface area contributed by atoms with Gasteiger partial charge in [0, 0.05) is 82.2 Å². The van der Waals surface area contributed by atoms with Crippen LogP contribution < -0.4 is 34.9 Å². The Balaban J connectivity index is 0.793. The van der Waals surface area contributed by atoms with E-state index in [9.17, 15) is 36.0 Å². The summed E-state index contributed by atoms with van der Waals surface area (Å²) in [5.74, 6) is -1.36. The van der Waals surface area contributed by atoms with Crippen LogP contribution in [0.15, 0.2) is 82.6 Å². The van der Waals surface area contributed by atoms with Crippen molar-refractivity contribution in [3.05, 3.63) is 115 Å². The number of rotatable bonds is 38. The van der Waals surface area contributed by atoms with Crippen LogP contribution in [0.25, 0.3) is 0 Å². The average Bonchev–Trinajstić information content (AvgIpc) is 2.49. The molecular formula is C58H77Cl4N7O15S2. The molecule has 5 atom stereocenters. The minimum absolute atomic E-state index is 0.00645. The number of amides is 3. The van der Waals surface area contributed by atoms with Gasteiger partial charge in [0.2, 0.25) is 37.8 Å². The van der Waals surface area contributed by atoms with Crippen LogP contribution in [-0.4, -0.2) is 180 Å². The molecule has 0 spiro atoms. The molecule has 4 aromatic carbocycles. The maximum Gasteiger partial charge on any atom is 0.303 e. The highest BCUT2D eigenvalue weighted by atomic mass is 35.5. The number of fused-ring (bicyclic) bond motifs is 2. The summed E-state index contributed by atoms with van der Waals surface area (Å²) in [6, 6.07) is 19.4. The highest BCUT2D eigenvalue weighted by Gasteiger charge is 2.39. The monoisotopic (exact) mass is 1320 g/mol. The number of carboxylic acids is 1. The Morgan fingerprint density at radius 2 is 0.907 bits per heavy atom. The van der Waals surface area contributed by atoms with Crippen LogP contribution in [0.1, 0.15) is 79.9 Å². The number of hydrogen-bond acceptors (Lipinski definition) is 16.